The molecule has 1 aliphatic rings. The first-order valence-electron chi connectivity index (χ1n) is 5.50. The molecule has 4 N–H and O–H groups in total. The first-order chi connectivity index (χ1) is 7.72. The van der Waals surface area contributed by atoms with E-state index in [-0.39, 0.29) is 0 Å². The van der Waals surface area contributed by atoms with Gasteiger partial charge >= 0.3 is 0 Å². The third-order valence-corrected chi connectivity index (χ3v) is 2.81. The van der Waals surface area contributed by atoms with Gasteiger partial charge in [0.2, 0.25) is 0 Å². The van der Waals surface area contributed by atoms with E-state index in [4.69, 9.17) is 11.5 Å². The fourth-order valence-corrected chi connectivity index (χ4v) is 1.82. The molecule has 0 saturated heterocycles. The minimum Gasteiger partial charge on any atom is -0.399 e. The molecule has 0 bridgehead atoms. The number of hydrogen-bond donors (Lipinski definition) is 2. The highest BCUT2D eigenvalue weighted by Gasteiger charge is 2.26. The Morgan fingerprint density at radius 2 is 2.19 bits per heavy atom. The maximum absolute atomic E-state index is 6.03. The van der Waals surface area contributed by atoms with Crippen LogP contribution in [0.1, 0.15) is 29.9 Å². The third kappa shape index (κ3) is 2.24. The van der Waals surface area contributed by atoms with Gasteiger partial charge in [-0.05, 0) is 42.5 Å². The summed E-state index contributed by atoms with van der Waals surface area (Å²) in [5.74, 6) is 0.668. The van der Waals surface area contributed by atoms with E-state index < -0.39 is 0 Å². The van der Waals surface area contributed by atoms with Crippen LogP contribution < -0.4 is 11.5 Å². The number of benzene rings is 1. The predicted molar refractivity (Wildman–Crippen MR) is 69.4 cm³/mol. The fraction of sp³-hybridized carbons (Fsp3) is 0.308. The molecule has 3 heteroatoms. The number of nitrogens with zero attached hydrogens (tertiary/aromatic N) is 1. The molecule has 0 heterocycles. The van der Waals surface area contributed by atoms with Crippen LogP contribution in [0.3, 0.4) is 0 Å². The summed E-state index contributed by atoms with van der Waals surface area (Å²) >= 11 is 0. The lowest BCUT2D eigenvalue weighted by Crippen LogP contribution is -2.02. The van der Waals surface area contributed by atoms with Gasteiger partial charge in [0.15, 0.2) is 0 Å². The van der Waals surface area contributed by atoms with Gasteiger partial charge < -0.3 is 11.5 Å². The zero-order chi connectivity index (χ0) is 11.5. The van der Waals surface area contributed by atoms with Crippen LogP contribution >= 0.6 is 0 Å². The van der Waals surface area contributed by atoms with Crippen LogP contribution in [-0.2, 0) is 0 Å². The van der Waals surface area contributed by atoms with Gasteiger partial charge in [-0.1, -0.05) is 6.07 Å². The van der Waals surface area contributed by atoms with Crippen LogP contribution in [0.2, 0.25) is 0 Å². The normalized spacial score (nSPS) is 16.9. The summed E-state index contributed by atoms with van der Waals surface area (Å²) in [6, 6.07) is 5.98. The Morgan fingerprint density at radius 1 is 1.44 bits per heavy atom. The molecule has 2 rings (SSSR count). The van der Waals surface area contributed by atoms with Crippen molar-refractivity contribution in [2.75, 3.05) is 12.8 Å². The molecule has 84 valence electrons. The van der Waals surface area contributed by atoms with Gasteiger partial charge in [0.25, 0.3) is 0 Å². The molecule has 0 aliphatic heterocycles. The highest BCUT2D eigenvalue weighted by Crippen LogP contribution is 2.43. The monoisotopic (exact) mass is 215 g/mol. The molecule has 1 aliphatic carbocycles. The van der Waals surface area contributed by atoms with Gasteiger partial charge in [-0.3, -0.25) is 4.99 Å². The number of anilines is 1. The van der Waals surface area contributed by atoms with Gasteiger partial charge in [-0.2, -0.15) is 0 Å². The molecule has 0 amide bonds. The van der Waals surface area contributed by atoms with Gasteiger partial charge in [0.05, 0.1) is 0 Å². The summed E-state index contributed by atoms with van der Waals surface area (Å²) in [5.41, 5.74) is 15.7. The van der Waals surface area contributed by atoms with E-state index in [1.807, 2.05) is 18.2 Å². The van der Waals surface area contributed by atoms with Crippen molar-refractivity contribution < 1.29 is 0 Å². The maximum Gasteiger partial charge on any atom is 0.0406 e. The zero-order valence-corrected chi connectivity index (χ0v) is 9.48. The Labute approximate surface area is 95.9 Å². The predicted octanol–water partition coefficient (Wildman–Crippen LogP) is 2.15. The van der Waals surface area contributed by atoms with Crippen LogP contribution in [-0.4, -0.2) is 13.3 Å². The summed E-state index contributed by atoms with van der Waals surface area (Å²) < 4.78 is 0. The third-order valence-electron chi connectivity index (χ3n) is 2.81. The van der Waals surface area contributed by atoms with Crippen molar-refractivity contribution >= 4 is 17.6 Å². The van der Waals surface area contributed by atoms with E-state index in [1.54, 1.807) is 13.3 Å². The smallest absolute Gasteiger partial charge is 0.0406 e. The average molecular weight is 215 g/mol. The van der Waals surface area contributed by atoms with Crippen molar-refractivity contribution in [3.63, 3.8) is 0 Å². The van der Waals surface area contributed by atoms with E-state index in [1.165, 1.54) is 18.4 Å². The summed E-state index contributed by atoms with van der Waals surface area (Å²) in [7, 11) is 1.73. The second kappa shape index (κ2) is 4.39. The SMILES string of the molecule is CN=C/C=C(\N)c1cc(N)ccc1C1CC1. The van der Waals surface area contributed by atoms with Gasteiger partial charge in [0.1, 0.15) is 0 Å². The number of rotatable bonds is 3. The van der Waals surface area contributed by atoms with E-state index in [9.17, 15) is 0 Å². The van der Waals surface area contributed by atoms with E-state index in [0.29, 0.717) is 5.92 Å². The van der Waals surface area contributed by atoms with Crippen LogP contribution in [0.4, 0.5) is 5.69 Å². The Balaban J connectivity index is 2.40. The number of nitrogens with two attached hydrogens (primary N) is 2. The Morgan fingerprint density at radius 3 is 2.81 bits per heavy atom. The van der Waals surface area contributed by atoms with Crippen molar-refractivity contribution in [2.45, 2.75) is 18.8 Å². The number of aliphatic imine (C=N–C) groups is 1. The maximum atomic E-state index is 6.03. The van der Waals surface area contributed by atoms with Gasteiger partial charge in [-0.15, -0.1) is 0 Å². The lowest BCUT2D eigenvalue weighted by atomic mass is 10.00. The van der Waals surface area contributed by atoms with Crippen LogP contribution in [0, 0.1) is 0 Å². The Bertz CT molecular complexity index is 442. The molecule has 3 nitrogen and oxygen atoms in total. The molecular formula is C13H17N3. The molecule has 0 atom stereocenters. The highest BCUT2D eigenvalue weighted by atomic mass is 14.6. The van der Waals surface area contributed by atoms with Crippen molar-refractivity contribution in [3.8, 4) is 0 Å². The zero-order valence-electron chi connectivity index (χ0n) is 9.48. The van der Waals surface area contributed by atoms with Gasteiger partial charge in [-0.25, -0.2) is 0 Å². The molecule has 16 heavy (non-hydrogen) atoms. The van der Waals surface area contributed by atoms with E-state index in [2.05, 4.69) is 11.1 Å². The van der Waals surface area contributed by atoms with E-state index >= 15 is 0 Å². The summed E-state index contributed by atoms with van der Waals surface area (Å²) in [5, 5.41) is 0. The molecule has 0 aromatic heterocycles. The van der Waals surface area contributed by atoms with Crippen LogP contribution in [0.15, 0.2) is 29.3 Å². The summed E-state index contributed by atoms with van der Waals surface area (Å²) in [4.78, 5) is 3.90. The molecule has 1 fully saturated rings. The summed E-state index contributed by atoms with van der Waals surface area (Å²) in [6.45, 7) is 0. The second-order valence-corrected chi connectivity index (χ2v) is 4.15. The highest BCUT2D eigenvalue weighted by molar-refractivity contribution is 5.84. The average Bonchev–Trinajstić information content (AvgIpc) is 3.09. The second-order valence-electron chi connectivity index (χ2n) is 4.15. The minimum absolute atomic E-state index is 0.668. The molecule has 0 radical (unpaired) electrons. The topological polar surface area (TPSA) is 64.4 Å². The molecule has 1 saturated carbocycles. The quantitative estimate of drug-likeness (QED) is 0.599. The first-order valence-corrected chi connectivity index (χ1v) is 5.50. The van der Waals surface area contributed by atoms with Crippen LogP contribution in [0.5, 0.6) is 0 Å². The van der Waals surface area contributed by atoms with Crippen molar-refractivity contribution in [3.05, 3.63) is 35.4 Å². The number of allylic oxidation sites excluding steroid dienone is 1. The minimum atomic E-state index is 0.668. The lowest BCUT2D eigenvalue weighted by Gasteiger charge is -2.09. The van der Waals surface area contributed by atoms with Crippen molar-refractivity contribution in [1.29, 1.82) is 0 Å². The van der Waals surface area contributed by atoms with Crippen LogP contribution in [0.25, 0.3) is 5.70 Å². The Kier molecular flexibility index (Phi) is 2.95. The molecule has 1 aromatic carbocycles. The molecule has 0 unspecified atom stereocenters. The largest absolute Gasteiger partial charge is 0.399 e. The van der Waals surface area contributed by atoms with E-state index in [0.717, 1.165) is 16.9 Å². The van der Waals surface area contributed by atoms with Crippen molar-refractivity contribution in [2.24, 2.45) is 10.7 Å². The molecular weight excluding hydrogens is 198 g/mol. The lowest BCUT2D eigenvalue weighted by molar-refractivity contribution is 1.12. The number of nitrogen functional groups attached to an aromatic ring is 1. The molecule has 1 aromatic rings. The molecule has 0 spiro atoms. The van der Waals surface area contributed by atoms with Crippen molar-refractivity contribution in [1.82, 2.24) is 0 Å². The summed E-state index contributed by atoms with van der Waals surface area (Å²) in [6.07, 6.45) is 6.04. The standard InChI is InChI=1S/C13H17N3/c1-16-7-6-13(15)12-8-10(14)4-5-11(12)9-2-3-9/h4-9H,2-3,14-15H2,1H3/b13-6-,16-7?. The fourth-order valence-electron chi connectivity index (χ4n) is 1.82. The number of hydrogen-bond acceptors (Lipinski definition) is 3. The van der Waals surface area contributed by atoms with Gasteiger partial charge in [0, 0.05) is 30.2 Å². The first kappa shape index (κ1) is 10.7. The Hall–Kier alpha value is -1.77.